The first kappa shape index (κ1) is 139. The van der Waals surface area contributed by atoms with E-state index in [-0.39, 0.29) is 144 Å². The maximum Gasteiger partial charge on any atom is 1.00 e. The van der Waals surface area contributed by atoms with Crippen molar-refractivity contribution in [3.63, 3.8) is 0 Å². The molecule has 0 radical (unpaired) electrons. The van der Waals surface area contributed by atoms with Crippen molar-refractivity contribution >= 4 is 41.8 Å². The first-order valence-electron chi connectivity index (χ1n) is 48.8. The number of hydrogen-bond acceptors (Lipinski definition) is 11. The zero-order valence-corrected chi connectivity index (χ0v) is 87.7. The summed E-state index contributed by atoms with van der Waals surface area (Å²) >= 11 is 0. The minimum absolute atomic E-state index is 0. The Bertz CT molecular complexity index is 1460. The largest absolute Gasteiger partial charge is 1.00 e. The molecule has 0 aliphatic heterocycles. The molecule has 3 N–H and O–H groups in total. The Morgan fingerprint density at radius 1 is 0.138 bits per heavy atom. The van der Waals surface area contributed by atoms with E-state index >= 15 is 0 Å². The van der Waals surface area contributed by atoms with Crippen LogP contribution in [0, 0.1) is 0 Å². The van der Waals surface area contributed by atoms with Crippen LogP contribution in [-0.2, 0) is 33.6 Å². The van der Waals surface area contributed by atoms with Crippen LogP contribution in [0.4, 0.5) is 0 Å². The number of carbonyl (C=O) groups is 7. The third kappa shape index (κ3) is 176. The Morgan fingerprint density at radius 3 is 0.276 bits per heavy atom. The third-order valence-electron chi connectivity index (χ3n) is 20.9. The fourth-order valence-electron chi connectivity index (χ4n) is 13.6. The van der Waals surface area contributed by atoms with Gasteiger partial charge in [-0.25, -0.2) is 0 Å². The van der Waals surface area contributed by atoms with Gasteiger partial charge in [-0.3, -0.25) is 14.4 Å². The summed E-state index contributed by atoms with van der Waals surface area (Å²) in [6.45, 7) is 15.7. The molecule has 0 aliphatic carbocycles. The Kier molecular flexibility index (Phi) is 163. The molecule has 0 saturated carbocycles. The summed E-state index contributed by atoms with van der Waals surface area (Å²) in [6, 6.07) is 0. The SMILES string of the molecule is CCCCCCCCCCCCCC(=O)O.CCCCCCCCCCCCCC(=O)O.CCCCCCCCCCCCCC(=O)O.CCCCCCCCCCCCCC(=O)[O-].CCCCCCCCCCCCCC(=O)[O-].CCCCCCCCCCCCCC(=O)[O-].CCCCCCCCCCCCCC(=O)[O-].[Na+].[Na+].[Na+].[Na+]. The second kappa shape index (κ2) is 136. The molecule has 672 valence electrons. The Hall–Kier alpha value is 0.290. The van der Waals surface area contributed by atoms with E-state index in [4.69, 9.17) is 15.3 Å². The Morgan fingerprint density at radius 2 is 0.207 bits per heavy atom. The average Bonchev–Trinajstić information content (AvgIpc) is 1.44. The molecule has 0 aromatic carbocycles. The summed E-state index contributed by atoms with van der Waals surface area (Å²) < 4.78 is 0. The van der Waals surface area contributed by atoms with Crippen LogP contribution < -0.4 is 139 Å². The fraction of sp³-hybridized carbons (Fsp3) is 0.929. The molecule has 0 atom stereocenters. The predicted octanol–water partition coefficient (Wildman–Crippen LogP) is 16.1. The minimum Gasteiger partial charge on any atom is -0.550 e. The molecule has 14 nitrogen and oxygen atoms in total. The van der Waals surface area contributed by atoms with Gasteiger partial charge in [0.05, 0.1) is 0 Å². The zero-order chi connectivity index (χ0) is 84.4. The molecular weight excluding hydrogens is 1490 g/mol. The van der Waals surface area contributed by atoms with Crippen molar-refractivity contribution in [1.82, 2.24) is 0 Å². The molecule has 0 aromatic heterocycles. The van der Waals surface area contributed by atoms with Gasteiger partial charge in [0.2, 0.25) is 0 Å². The number of hydrogen-bond donors (Lipinski definition) is 3. The van der Waals surface area contributed by atoms with Crippen molar-refractivity contribution in [3.8, 4) is 0 Å². The van der Waals surface area contributed by atoms with Gasteiger partial charge in [0.15, 0.2) is 0 Å². The summed E-state index contributed by atoms with van der Waals surface area (Å²) in [6.07, 6.45) is 99.2. The van der Waals surface area contributed by atoms with Crippen molar-refractivity contribution in [2.75, 3.05) is 0 Å². The summed E-state index contributed by atoms with van der Waals surface area (Å²) in [5.74, 6) is -5.60. The van der Waals surface area contributed by atoms with Crippen LogP contribution in [0.2, 0.25) is 0 Å². The Labute approximate surface area is 809 Å². The van der Waals surface area contributed by atoms with Crippen molar-refractivity contribution in [2.45, 2.75) is 588 Å². The molecule has 18 heteroatoms. The smallest absolute Gasteiger partial charge is 0.550 e. The molecule has 0 fully saturated rings. The van der Waals surface area contributed by atoms with Gasteiger partial charge in [0.25, 0.3) is 0 Å². The number of rotatable bonds is 84. The second-order valence-electron chi connectivity index (χ2n) is 32.7. The first-order valence-corrected chi connectivity index (χ1v) is 48.8. The van der Waals surface area contributed by atoms with Crippen molar-refractivity contribution < 1.29 is 188 Å². The number of carbonyl (C=O) groups excluding carboxylic acids is 4. The summed E-state index contributed by atoms with van der Waals surface area (Å²) in [5, 5.41) is 66.0. The molecule has 0 spiro atoms. The van der Waals surface area contributed by atoms with Gasteiger partial charge in [0, 0.05) is 43.1 Å². The van der Waals surface area contributed by atoms with Crippen LogP contribution in [0.1, 0.15) is 588 Å². The van der Waals surface area contributed by atoms with E-state index < -0.39 is 41.8 Å². The topological polar surface area (TPSA) is 272 Å². The second-order valence-corrected chi connectivity index (χ2v) is 32.7. The molecule has 0 amide bonds. The van der Waals surface area contributed by atoms with Crippen LogP contribution >= 0.6 is 0 Å². The average molecular weight is 1690 g/mol. The summed E-state index contributed by atoms with van der Waals surface area (Å²) in [5.41, 5.74) is 0. The van der Waals surface area contributed by atoms with Gasteiger partial charge in [-0.2, -0.15) is 0 Å². The van der Waals surface area contributed by atoms with Crippen LogP contribution in [-0.4, -0.2) is 57.1 Å². The van der Waals surface area contributed by atoms with Crippen LogP contribution in [0.5, 0.6) is 0 Å². The maximum atomic E-state index is 10.3. The van der Waals surface area contributed by atoms with Crippen LogP contribution in [0.15, 0.2) is 0 Å². The number of carboxylic acids is 7. The van der Waals surface area contributed by atoms with Crippen molar-refractivity contribution in [3.05, 3.63) is 0 Å². The van der Waals surface area contributed by atoms with E-state index in [0.29, 0.717) is 19.3 Å². The monoisotopic (exact) mass is 1690 g/mol. The van der Waals surface area contributed by atoms with Crippen LogP contribution in [0.25, 0.3) is 0 Å². The van der Waals surface area contributed by atoms with Gasteiger partial charge in [0.1, 0.15) is 0 Å². The Balaban J connectivity index is -0.000000122. The molecule has 0 aromatic rings. The summed E-state index contributed by atoms with van der Waals surface area (Å²) in [4.78, 5) is 71.4. The molecule has 0 bridgehead atoms. The van der Waals surface area contributed by atoms with Crippen LogP contribution in [0.3, 0.4) is 0 Å². The van der Waals surface area contributed by atoms with E-state index in [2.05, 4.69) is 48.5 Å². The molecule has 116 heavy (non-hydrogen) atoms. The minimum atomic E-state index is -0.907. The van der Waals surface area contributed by atoms with E-state index in [1.54, 1.807) is 0 Å². The number of carboxylic acid groups (broad SMARTS) is 7. The normalized spacial score (nSPS) is 10.2. The van der Waals surface area contributed by atoms with Gasteiger partial charge in [-0.15, -0.1) is 0 Å². The molecule has 0 rings (SSSR count). The van der Waals surface area contributed by atoms with E-state index in [0.717, 1.165) is 89.9 Å². The molecule has 0 saturated heterocycles. The van der Waals surface area contributed by atoms with Gasteiger partial charge >= 0.3 is 136 Å². The van der Waals surface area contributed by atoms with E-state index in [9.17, 15) is 54.0 Å². The third-order valence-corrected chi connectivity index (χ3v) is 20.9. The predicted molar refractivity (Wildman–Crippen MR) is 470 cm³/mol. The van der Waals surface area contributed by atoms with Crippen molar-refractivity contribution in [2.24, 2.45) is 0 Å². The van der Waals surface area contributed by atoms with Gasteiger partial charge in [-0.1, -0.05) is 498 Å². The molecular formula is C98H192Na4O14. The quantitative estimate of drug-likeness (QED) is 0.0377. The standard InChI is InChI=1S/7C14H28O2.4Na/c7*1-2-3-4-5-6-7-8-9-10-11-12-13-14(15)16;;;;/h7*2-13H2,1H3,(H,15,16);;;;/q;;;;;;;4*+1/p-4. The van der Waals surface area contributed by atoms with Crippen molar-refractivity contribution in [1.29, 1.82) is 0 Å². The van der Waals surface area contributed by atoms with Gasteiger partial charge in [-0.05, 0) is 70.6 Å². The van der Waals surface area contributed by atoms with E-state index in [1.807, 2.05) is 0 Å². The van der Waals surface area contributed by atoms with E-state index in [1.165, 1.54) is 405 Å². The first-order chi connectivity index (χ1) is 54.4. The zero-order valence-electron chi connectivity index (χ0n) is 79.7. The fourth-order valence-corrected chi connectivity index (χ4v) is 13.6. The molecule has 0 aliphatic rings. The number of aliphatic carboxylic acids is 7. The summed E-state index contributed by atoms with van der Waals surface area (Å²) in [7, 11) is 0. The molecule has 0 unspecified atom stereocenters. The number of unbranched alkanes of at least 4 members (excludes halogenated alkanes) is 70. The van der Waals surface area contributed by atoms with Gasteiger partial charge < -0.3 is 54.9 Å². The maximum absolute atomic E-state index is 10.3. The molecule has 0 heterocycles.